The van der Waals surface area contributed by atoms with E-state index in [0.717, 1.165) is 42.2 Å². The third-order valence-corrected chi connectivity index (χ3v) is 3.68. The lowest BCUT2D eigenvalue weighted by atomic mass is 10.1. The molecule has 0 bridgehead atoms. The Kier molecular flexibility index (Phi) is 4.84. The van der Waals surface area contributed by atoms with Gasteiger partial charge in [0.05, 0.1) is 47.7 Å². The number of hydrogen-bond acceptors (Lipinski definition) is 5. The number of carbonyl (C=O) groups is 1. The van der Waals surface area contributed by atoms with Gasteiger partial charge in [0.2, 0.25) is 0 Å². The Morgan fingerprint density at radius 1 is 1.26 bits per heavy atom. The summed E-state index contributed by atoms with van der Waals surface area (Å²) in [6.45, 7) is 4.92. The minimum Gasteiger partial charge on any atom is -0.478 e. The maximum atomic E-state index is 10.8. The van der Waals surface area contributed by atoms with Gasteiger partial charge in [0.1, 0.15) is 0 Å². The second kappa shape index (κ2) is 6.60. The lowest BCUT2D eigenvalue weighted by Gasteiger charge is -2.09. The number of aromatic carboxylic acids is 1. The number of aromatic nitrogens is 1. The van der Waals surface area contributed by atoms with Crippen molar-refractivity contribution in [3.63, 3.8) is 0 Å². The molecule has 2 aromatic rings. The molecule has 3 rings (SSSR count). The molecule has 0 unspecified atom stereocenters. The molecule has 1 aromatic carbocycles. The number of carboxylic acids is 1. The summed E-state index contributed by atoms with van der Waals surface area (Å²) >= 11 is 1.47. The highest BCUT2D eigenvalue weighted by atomic mass is 32.1. The van der Waals surface area contributed by atoms with Gasteiger partial charge in [-0.25, -0.2) is 9.78 Å². The Hall–Kier alpha value is -1.50. The van der Waals surface area contributed by atoms with Crippen molar-refractivity contribution < 1.29 is 19.4 Å². The molecule has 0 amide bonds. The van der Waals surface area contributed by atoms with Gasteiger partial charge in [-0.05, 0) is 24.6 Å². The largest absolute Gasteiger partial charge is 0.478 e. The fourth-order valence-corrected chi connectivity index (χ4v) is 2.54. The fraction of sp³-hybridized carbons (Fsp3) is 0.385. The number of aryl methyl sites for hydroxylation is 1. The first-order valence-electron chi connectivity index (χ1n) is 5.91. The van der Waals surface area contributed by atoms with E-state index in [-0.39, 0.29) is 0 Å². The third-order valence-electron chi connectivity index (χ3n) is 2.72. The van der Waals surface area contributed by atoms with Crippen LogP contribution < -0.4 is 0 Å². The van der Waals surface area contributed by atoms with Crippen LogP contribution in [0.5, 0.6) is 0 Å². The number of nitrogens with zero attached hydrogens (tertiary/aromatic N) is 1. The van der Waals surface area contributed by atoms with Gasteiger partial charge >= 0.3 is 5.97 Å². The van der Waals surface area contributed by atoms with Crippen LogP contribution in [0.1, 0.15) is 15.9 Å². The van der Waals surface area contributed by atoms with Gasteiger partial charge in [-0.15, -0.1) is 11.3 Å². The normalized spacial score (nSPS) is 14.8. The first-order chi connectivity index (χ1) is 9.20. The van der Waals surface area contributed by atoms with E-state index in [1.807, 2.05) is 6.92 Å². The number of thiazole rings is 1. The molecular weight excluding hydrogens is 266 g/mol. The lowest BCUT2D eigenvalue weighted by Crippen LogP contribution is -2.16. The summed E-state index contributed by atoms with van der Waals surface area (Å²) in [5.74, 6) is -0.882. The van der Waals surface area contributed by atoms with Crippen molar-refractivity contribution in [3.05, 3.63) is 28.8 Å². The van der Waals surface area contributed by atoms with Gasteiger partial charge in [0.15, 0.2) is 0 Å². The van der Waals surface area contributed by atoms with Crippen LogP contribution in [-0.2, 0) is 9.47 Å². The number of ether oxygens (including phenoxy) is 2. The maximum absolute atomic E-state index is 10.8. The van der Waals surface area contributed by atoms with Crippen LogP contribution in [0, 0.1) is 6.92 Å². The average molecular weight is 281 g/mol. The van der Waals surface area contributed by atoms with Gasteiger partial charge in [-0.3, -0.25) is 0 Å². The Morgan fingerprint density at radius 2 is 1.89 bits per heavy atom. The maximum Gasteiger partial charge on any atom is 0.336 e. The second-order valence-electron chi connectivity index (χ2n) is 3.97. The van der Waals surface area contributed by atoms with Crippen molar-refractivity contribution in [2.24, 2.45) is 0 Å². The number of benzene rings is 1. The average Bonchev–Trinajstić information content (AvgIpc) is 2.91. The molecule has 1 fully saturated rings. The van der Waals surface area contributed by atoms with Gasteiger partial charge in [0.25, 0.3) is 0 Å². The molecule has 1 N–H and O–H groups in total. The first kappa shape index (κ1) is 13.9. The van der Waals surface area contributed by atoms with Crippen LogP contribution in [-0.4, -0.2) is 42.5 Å². The van der Waals surface area contributed by atoms with Crippen LogP contribution in [0.4, 0.5) is 0 Å². The van der Waals surface area contributed by atoms with Crippen molar-refractivity contribution in [2.75, 3.05) is 26.4 Å². The molecule has 102 valence electrons. The van der Waals surface area contributed by atoms with Crippen LogP contribution in [0.3, 0.4) is 0 Å². The summed E-state index contributed by atoms with van der Waals surface area (Å²) in [6, 6.07) is 3.34. The molecule has 0 spiro atoms. The minimum atomic E-state index is -0.882. The molecule has 0 saturated carbocycles. The van der Waals surface area contributed by atoms with Crippen molar-refractivity contribution in [2.45, 2.75) is 6.92 Å². The van der Waals surface area contributed by atoms with Crippen molar-refractivity contribution in [3.8, 4) is 0 Å². The highest BCUT2D eigenvalue weighted by molar-refractivity contribution is 7.17. The summed E-state index contributed by atoms with van der Waals surface area (Å²) in [5, 5.41) is 8.85. The van der Waals surface area contributed by atoms with Crippen molar-refractivity contribution in [1.82, 2.24) is 4.98 Å². The second-order valence-corrected chi connectivity index (χ2v) is 4.82. The van der Waals surface area contributed by atoms with E-state index in [0.29, 0.717) is 5.56 Å². The van der Waals surface area contributed by atoms with Crippen LogP contribution >= 0.6 is 11.3 Å². The molecule has 1 saturated heterocycles. The van der Waals surface area contributed by atoms with Gasteiger partial charge in [-0.2, -0.15) is 0 Å². The fourth-order valence-electron chi connectivity index (χ4n) is 1.74. The summed E-state index contributed by atoms with van der Waals surface area (Å²) in [7, 11) is 0. The highest BCUT2D eigenvalue weighted by Crippen LogP contribution is 2.24. The van der Waals surface area contributed by atoms with Crippen molar-refractivity contribution >= 4 is 27.5 Å². The summed E-state index contributed by atoms with van der Waals surface area (Å²) in [5.41, 5.74) is 3.75. The molecule has 19 heavy (non-hydrogen) atoms. The van der Waals surface area contributed by atoms with E-state index < -0.39 is 5.97 Å². The summed E-state index contributed by atoms with van der Waals surface area (Å²) in [6.07, 6.45) is 0. The molecule has 2 heterocycles. The van der Waals surface area contributed by atoms with Gasteiger partial charge < -0.3 is 14.6 Å². The minimum absolute atomic E-state index is 0.358. The topological polar surface area (TPSA) is 68.7 Å². The molecule has 0 atom stereocenters. The number of hydrogen-bond donors (Lipinski definition) is 1. The Balaban J connectivity index is 0.000000186. The quantitative estimate of drug-likeness (QED) is 0.869. The van der Waals surface area contributed by atoms with Crippen molar-refractivity contribution in [1.29, 1.82) is 0 Å². The molecule has 1 aliphatic heterocycles. The van der Waals surface area contributed by atoms with E-state index in [4.69, 9.17) is 14.6 Å². The Bertz CT molecular complexity index is 551. The standard InChI is InChI=1S/C9H7NO2S.C4H8O2/c1-5-6(9(11)12)2-3-7-8(5)13-4-10-7;1-2-6-4-3-5-1/h2-4H,1H3,(H,11,12);1-4H2. The van der Waals surface area contributed by atoms with E-state index in [1.165, 1.54) is 11.3 Å². The van der Waals surface area contributed by atoms with E-state index >= 15 is 0 Å². The number of fused-ring (bicyclic) bond motifs is 1. The van der Waals surface area contributed by atoms with Crippen LogP contribution in [0.25, 0.3) is 10.2 Å². The monoisotopic (exact) mass is 281 g/mol. The molecule has 0 aliphatic carbocycles. The number of rotatable bonds is 1. The molecule has 6 heteroatoms. The predicted molar refractivity (Wildman–Crippen MR) is 73.0 cm³/mol. The van der Waals surface area contributed by atoms with Crippen LogP contribution in [0.2, 0.25) is 0 Å². The molecule has 1 aromatic heterocycles. The molecule has 1 aliphatic rings. The van der Waals surface area contributed by atoms with Crippen LogP contribution in [0.15, 0.2) is 17.6 Å². The van der Waals surface area contributed by atoms with E-state index in [9.17, 15) is 4.79 Å². The Labute approximate surface area is 114 Å². The summed E-state index contributed by atoms with van der Waals surface area (Å²) < 4.78 is 10.8. The Morgan fingerprint density at radius 3 is 2.42 bits per heavy atom. The van der Waals surface area contributed by atoms with Gasteiger partial charge in [-0.1, -0.05) is 0 Å². The summed E-state index contributed by atoms with van der Waals surface area (Å²) in [4.78, 5) is 14.9. The third kappa shape index (κ3) is 3.50. The molecular formula is C13H15NO4S. The predicted octanol–water partition coefficient (Wildman–Crippen LogP) is 2.34. The lowest BCUT2D eigenvalue weighted by molar-refractivity contribution is -0.0334. The molecule has 0 radical (unpaired) electrons. The van der Waals surface area contributed by atoms with E-state index in [1.54, 1.807) is 17.6 Å². The zero-order chi connectivity index (χ0) is 13.7. The number of carboxylic acid groups (broad SMARTS) is 1. The SMILES string of the molecule is C1COCCO1.Cc1c(C(=O)O)ccc2ncsc12. The van der Waals surface area contributed by atoms with Gasteiger partial charge in [0, 0.05) is 0 Å². The smallest absolute Gasteiger partial charge is 0.336 e. The first-order valence-corrected chi connectivity index (χ1v) is 6.79. The zero-order valence-corrected chi connectivity index (χ0v) is 11.4. The zero-order valence-electron chi connectivity index (χ0n) is 10.6. The highest BCUT2D eigenvalue weighted by Gasteiger charge is 2.10. The molecule has 5 nitrogen and oxygen atoms in total. The van der Waals surface area contributed by atoms with E-state index in [2.05, 4.69) is 4.98 Å².